The maximum Gasteiger partial charge on any atom is 0.259 e. The number of hydrogen-bond donors (Lipinski definition) is 1. The first-order valence-corrected chi connectivity index (χ1v) is 6.61. The minimum absolute atomic E-state index is 0.205. The monoisotopic (exact) mass is 342 g/mol. The average molecular weight is 342 g/mol. The second-order valence-corrected chi connectivity index (χ2v) is 4.50. The van der Waals surface area contributed by atoms with Crippen LogP contribution in [-0.2, 0) is 48.6 Å². The van der Waals surface area contributed by atoms with Crippen LogP contribution in [0.15, 0.2) is 0 Å². The van der Waals surface area contributed by atoms with Gasteiger partial charge in [0.15, 0.2) is 24.1 Å². The van der Waals surface area contributed by atoms with Gasteiger partial charge in [0.2, 0.25) is 0 Å². The predicted molar refractivity (Wildman–Crippen MR) is 69.1 cm³/mol. The van der Waals surface area contributed by atoms with E-state index in [0.29, 0.717) is 0 Å². The molecule has 0 spiro atoms. The Hall–Kier alpha value is -0.730. The Labute approximate surface area is 132 Å². The third-order valence-corrected chi connectivity index (χ3v) is 3.17. The number of hydrogen-bond acceptors (Lipinski definition) is 11. The first kappa shape index (κ1) is 20.3. The number of rotatable bonds is 10. The van der Waals surface area contributed by atoms with Gasteiger partial charge in [0.05, 0.1) is 28.4 Å². The number of Topliss-reactive ketones (excluding diaryl/α,β-unsaturated/α-hetero) is 1. The molecule has 5 atom stereocenters. The van der Waals surface area contributed by atoms with E-state index in [1.807, 2.05) is 0 Å². The molecule has 0 aromatic heterocycles. The van der Waals surface area contributed by atoms with Crippen molar-refractivity contribution in [3.05, 3.63) is 0 Å². The van der Waals surface area contributed by atoms with Crippen LogP contribution in [0, 0.1) is 0 Å². The van der Waals surface area contributed by atoms with Gasteiger partial charge < -0.3 is 9.84 Å². The van der Waals surface area contributed by atoms with Gasteiger partial charge in [-0.1, -0.05) is 0 Å². The van der Waals surface area contributed by atoms with Gasteiger partial charge in [-0.05, 0) is 0 Å². The molecule has 0 aliphatic carbocycles. The van der Waals surface area contributed by atoms with Crippen LogP contribution in [0.3, 0.4) is 0 Å². The molecule has 1 rings (SSSR count). The van der Waals surface area contributed by atoms with Crippen LogP contribution in [-0.4, -0.2) is 76.1 Å². The summed E-state index contributed by atoms with van der Waals surface area (Å²) in [5.74, 6) is -3.14. The van der Waals surface area contributed by atoms with Gasteiger partial charge in [-0.25, -0.2) is 39.1 Å². The quantitative estimate of drug-likeness (QED) is 0.392. The normalized spacial score (nSPS) is 34.5. The van der Waals surface area contributed by atoms with Crippen molar-refractivity contribution in [1.29, 1.82) is 0 Å². The lowest BCUT2D eigenvalue weighted by Gasteiger charge is -2.46. The lowest BCUT2D eigenvalue weighted by Crippen LogP contribution is -2.69. The molecular formula is C12H22O11. The van der Waals surface area contributed by atoms with Gasteiger partial charge in [0.25, 0.3) is 5.79 Å². The van der Waals surface area contributed by atoms with Crippen molar-refractivity contribution in [3.63, 3.8) is 0 Å². The molecule has 136 valence electrons. The number of aliphatic hydroxyl groups is 1. The Kier molecular flexibility index (Phi) is 8.42. The Balaban J connectivity index is 3.17. The van der Waals surface area contributed by atoms with E-state index in [2.05, 4.69) is 19.6 Å². The molecule has 1 heterocycles. The van der Waals surface area contributed by atoms with E-state index in [4.69, 9.17) is 24.3 Å². The molecule has 0 bridgehead atoms. The minimum Gasteiger partial charge on any atom is -0.357 e. The molecule has 0 aromatic rings. The summed E-state index contributed by atoms with van der Waals surface area (Å²) in [4.78, 5) is 50.1. The molecule has 1 aliphatic heterocycles. The third-order valence-electron chi connectivity index (χ3n) is 3.17. The summed E-state index contributed by atoms with van der Waals surface area (Å²) in [7, 11) is 4.97. The summed E-state index contributed by atoms with van der Waals surface area (Å²) in [6.45, 7) is 0.908. The van der Waals surface area contributed by atoms with Crippen molar-refractivity contribution in [2.45, 2.75) is 37.1 Å². The van der Waals surface area contributed by atoms with Crippen molar-refractivity contribution < 1.29 is 53.7 Å². The molecule has 1 fully saturated rings. The molecule has 11 nitrogen and oxygen atoms in total. The fourth-order valence-electron chi connectivity index (χ4n) is 2.19. The van der Waals surface area contributed by atoms with Crippen molar-refractivity contribution in [1.82, 2.24) is 0 Å². The fourth-order valence-corrected chi connectivity index (χ4v) is 2.19. The van der Waals surface area contributed by atoms with Crippen LogP contribution in [0.1, 0.15) is 6.92 Å². The predicted octanol–water partition coefficient (Wildman–Crippen LogP) is -0.919. The van der Waals surface area contributed by atoms with Gasteiger partial charge in [0.1, 0.15) is 12.7 Å². The summed E-state index contributed by atoms with van der Waals surface area (Å²) in [5, 5.41) is 10.6. The van der Waals surface area contributed by atoms with Crippen LogP contribution in [0.2, 0.25) is 0 Å². The van der Waals surface area contributed by atoms with Gasteiger partial charge in [-0.2, -0.15) is 0 Å². The summed E-state index contributed by atoms with van der Waals surface area (Å²) in [5.41, 5.74) is 0. The van der Waals surface area contributed by atoms with Crippen LogP contribution in [0.5, 0.6) is 0 Å². The zero-order valence-electron chi connectivity index (χ0n) is 13.5. The average Bonchev–Trinajstić information content (AvgIpc) is 2.51. The smallest absolute Gasteiger partial charge is 0.259 e. The number of ether oxygens (including phenoxy) is 1. The fraction of sp³-hybridized carbons (Fsp3) is 0.917. The van der Waals surface area contributed by atoms with Crippen LogP contribution in [0.4, 0.5) is 0 Å². The van der Waals surface area contributed by atoms with E-state index in [9.17, 15) is 9.90 Å². The van der Waals surface area contributed by atoms with Crippen molar-refractivity contribution in [2.24, 2.45) is 0 Å². The molecule has 1 aliphatic rings. The topological polar surface area (TPSA) is 120 Å². The van der Waals surface area contributed by atoms with Crippen molar-refractivity contribution in [3.8, 4) is 0 Å². The maximum atomic E-state index is 11.9. The van der Waals surface area contributed by atoms with Crippen LogP contribution >= 0.6 is 0 Å². The van der Waals surface area contributed by atoms with E-state index < -0.39 is 36.0 Å². The molecule has 0 aromatic carbocycles. The van der Waals surface area contributed by atoms with Crippen molar-refractivity contribution in [2.75, 3.05) is 35.0 Å². The third kappa shape index (κ3) is 4.64. The van der Waals surface area contributed by atoms with E-state index in [1.165, 1.54) is 28.4 Å². The molecule has 0 amide bonds. The molecule has 1 saturated heterocycles. The molecular weight excluding hydrogens is 320 g/mol. The number of ketones is 1. The Morgan fingerprint density at radius 3 is 2.04 bits per heavy atom. The Bertz CT molecular complexity index is 365. The minimum atomic E-state index is -2.39. The van der Waals surface area contributed by atoms with Gasteiger partial charge >= 0.3 is 0 Å². The largest absolute Gasteiger partial charge is 0.357 e. The maximum absolute atomic E-state index is 11.9. The molecule has 0 radical (unpaired) electrons. The van der Waals surface area contributed by atoms with Gasteiger partial charge in [0, 0.05) is 6.92 Å². The van der Waals surface area contributed by atoms with E-state index in [-0.39, 0.29) is 6.61 Å². The summed E-state index contributed by atoms with van der Waals surface area (Å²) < 4.78 is 5.40. The molecule has 1 N–H and O–H groups in total. The zero-order valence-corrected chi connectivity index (χ0v) is 13.5. The summed E-state index contributed by atoms with van der Waals surface area (Å²) in [6, 6.07) is 0. The van der Waals surface area contributed by atoms with Crippen LogP contribution in [0.25, 0.3) is 0 Å². The van der Waals surface area contributed by atoms with Crippen molar-refractivity contribution >= 4 is 5.78 Å². The highest BCUT2D eigenvalue weighted by molar-refractivity contribution is 5.84. The van der Waals surface area contributed by atoms with Gasteiger partial charge in [-0.3, -0.25) is 4.79 Å². The van der Waals surface area contributed by atoms with Crippen LogP contribution < -0.4 is 0 Å². The standard InChI is InChI=1S/C12H22O11/c1-7(13)12(14)11(23-18-5)10(22-17-4)9(21-16-3)8(20-12)6-19-15-2/h8-11,14H,6H2,1-5H3/t8-,9-,10+,11+,12?/m1/s1. The van der Waals surface area contributed by atoms with E-state index in [1.54, 1.807) is 0 Å². The molecule has 0 saturated carbocycles. The van der Waals surface area contributed by atoms with E-state index in [0.717, 1.165) is 6.92 Å². The highest BCUT2D eigenvalue weighted by Crippen LogP contribution is 2.34. The van der Waals surface area contributed by atoms with E-state index >= 15 is 0 Å². The Morgan fingerprint density at radius 2 is 1.57 bits per heavy atom. The molecule has 1 unspecified atom stereocenters. The van der Waals surface area contributed by atoms with Gasteiger partial charge in [-0.15, -0.1) is 0 Å². The lowest BCUT2D eigenvalue weighted by molar-refractivity contribution is -0.481. The highest BCUT2D eigenvalue weighted by Gasteiger charge is 2.61. The first-order valence-electron chi connectivity index (χ1n) is 6.61. The lowest BCUT2D eigenvalue weighted by atomic mass is 9.90. The first-order chi connectivity index (χ1) is 11.0. The number of carbonyl (C=O) groups is 1. The summed E-state index contributed by atoms with van der Waals surface area (Å²) in [6.07, 6.45) is -4.60. The second-order valence-electron chi connectivity index (χ2n) is 4.50. The second kappa shape index (κ2) is 9.54. The highest BCUT2D eigenvalue weighted by atomic mass is 17.2. The summed E-state index contributed by atoms with van der Waals surface area (Å²) >= 11 is 0. The molecule has 11 heteroatoms. The zero-order chi connectivity index (χ0) is 17.5. The molecule has 23 heavy (non-hydrogen) atoms. The Morgan fingerprint density at radius 1 is 1.00 bits per heavy atom. The SMILES string of the molecule is COOC[C@H]1OC(O)(C(C)=O)[C@@H](OOC)[C@@H](OOC)[C@@H]1OOC. The number of carbonyl (C=O) groups excluding carboxylic acids is 1.